The van der Waals surface area contributed by atoms with Crippen LogP contribution in [0.2, 0.25) is 0 Å². The predicted octanol–water partition coefficient (Wildman–Crippen LogP) is 2.76. The predicted molar refractivity (Wildman–Crippen MR) is 92.2 cm³/mol. The molecule has 1 atom stereocenters. The smallest absolute Gasteiger partial charge is 0.306 e. The van der Waals surface area contributed by atoms with Gasteiger partial charge in [-0.25, -0.2) is 0 Å². The second kappa shape index (κ2) is 6.51. The van der Waals surface area contributed by atoms with Gasteiger partial charge in [-0.3, -0.25) is 14.8 Å². The molecule has 132 valence electrons. The molecular weight excluding hydrogens is 336 g/mol. The zero-order valence-corrected chi connectivity index (χ0v) is 14.0. The Balaban J connectivity index is 1.82. The molecule has 1 N–H and O–H groups in total. The number of methoxy groups -OCH3 is 1. The summed E-state index contributed by atoms with van der Waals surface area (Å²) >= 11 is 0. The second-order valence-electron chi connectivity index (χ2n) is 5.90. The minimum atomic E-state index is -0.427. The molecule has 0 amide bonds. The van der Waals surface area contributed by atoms with Crippen LogP contribution in [0, 0.1) is 0 Å². The van der Waals surface area contributed by atoms with Gasteiger partial charge in [0.2, 0.25) is 6.79 Å². The lowest BCUT2D eigenvalue weighted by Gasteiger charge is -2.19. The molecule has 0 saturated carbocycles. The van der Waals surface area contributed by atoms with Crippen LogP contribution in [0.15, 0.2) is 42.7 Å². The molecule has 0 bridgehead atoms. The molecule has 0 aliphatic carbocycles. The number of rotatable bonds is 4. The lowest BCUT2D eigenvalue weighted by molar-refractivity contribution is -0.140. The van der Waals surface area contributed by atoms with Crippen LogP contribution in [0.4, 0.5) is 0 Å². The highest BCUT2D eigenvalue weighted by Crippen LogP contribution is 2.43. The van der Waals surface area contributed by atoms with Crippen LogP contribution >= 0.6 is 0 Å². The maximum absolute atomic E-state index is 12.0. The van der Waals surface area contributed by atoms with Crippen LogP contribution in [0.1, 0.15) is 23.5 Å². The fourth-order valence-corrected chi connectivity index (χ4v) is 3.08. The van der Waals surface area contributed by atoms with Crippen molar-refractivity contribution in [1.82, 2.24) is 9.97 Å². The molecule has 0 saturated heterocycles. The van der Waals surface area contributed by atoms with Crippen molar-refractivity contribution < 1.29 is 24.1 Å². The number of phenols is 1. The van der Waals surface area contributed by atoms with E-state index in [-0.39, 0.29) is 24.9 Å². The van der Waals surface area contributed by atoms with E-state index in [1.807, 2.05) is 18.2 Å². The van der Waals surface area contributed by atoms with Gasteiger partial charge in [0.15, 0.2) is 11.5 Å². The van der Waals surface area contributed by atoms with Crippen molar-refractivity contribution in [3.63, 3.8) is 0 Å². The van der Waals surface area contributed by atoms with Crippen molar-refractivity contribution in [2.75, 3.05) is 13.9 Å². The molecular formula is C19H16N2O5. The first-order valence-corrected chi connectivity index (χ1v) is 8.05. The Labute approximate surface area is 149 Å². The molecule has 2 heterocycles. The summed E-state index contributed by atoms with van der Waals surface area (Å²) < 4.78 is 15.5. The molecule has 2 aromatic carbocycles. The highest BCUT2D eigenvalue weighted by Gasteiger charge is 2.26. The molecule has 0 fully saturated rings. The Hall–Kier alpha value is -3.35. The normalized spacial score (nSPS) is 13.6. The van der Waals surface area contributed by atoms with Gasteiger partial charge in [-0.1, -0.05) is 6.07 Å². The fourth-order valence-electron chi connectivity index (χ4n) is 3.08. The SMILES string of the molecule is COC(=O)C[C@@H](c1ccc2nccnc2c1)c1cc2c(cc1O)OCO2. The number of aromatic nitrogens is 2. The van der Waals surface area contributed by atoms with Crippen molar-refractivity contribution >= 4 is 17.0 Å². The van der Waals surface area contributed by atoms with Crippen LogP contribution in [-0.2, 0) is 9.53 Å². The third kappa shape index (κ3) is 2.88. The van der Waals surface area contributed by atoms with Crippen molar-refractivity contribution in [2.24, 2.45) is 0 Å². The molecule has 26 heavy (non-hydrogen) atoms. The molecule has 0 spiro atoms. The minimum Gasteiger partial charge on any atom is -0.508 e. The molecule has 4 rings (SSSR count). The molecule has 3 aromatic rings. The summed E-state index contributed by atoms with van der Waals surface area (Å²) in [5, 5.41) is 10.5. The molecule has 1 aliphatic rings. The van der Waals surface area contributed by atoms with E-state index in [2.05, 4.69) is 9.97 Å². The largest absolute Gasteiger partial charge is 0.508 e. The number of carbonyl (C=O) groups is 1. The Morgan fingerprint density at radius 3 is 2.65 bits per heavy atom. The Morgan fingerprint density at radius 2 is 1.88 bits per heavy atom. The van der Waals surface area contributed by atoms with Gasteiger partial charge in [0.05, 0.1) is 24.6 Å². The number of esters is 1. The quantitative estimate of drug-likeness (QED) is 0.722. The first-order chi connectivity index (χ1) is 12.7. The highest BCUT2D eigenvalue weighted by molar-refractivity contribution is 5.76. The van der Waals surface area contributed by atoms with Crippen molar-refractivity contribution in [2.45, 2.75) is 12.3 Å². The van der Waals surface area contributed by atoms with Crippen LogP contribution < -0.4 is 9.47 Å². The van der Waals surface area contributed by atoms with E-state index in [1.165, 1.54) is 13.2 Å². The molecule has 1 aliphatic heterocycles. The van der Waals surface area contributed by atoms with E-state index < -0.39 is 5.92 Å². The maximum atomic E-state index is 12.0. The van der Waals surface area contributed by atoms with Gasteiger partial charge in [0.25, 0.3) is 0 Å². The van der Waals surface area contributed by atoms with E-state index in [0.29, 0.717) is 22.6 Å². The lowest BCUT2D eigenvalue weighted by Crippen LogP contribution is -2.10. The summed E-state index contributed by atoms with van der Waals surface area (Å²) in [6.45, 7) is 0.103. The van der Waals surface area contributed by atoms with Gasteiger partial charge in [-0.05, 0) is 23.8 Å². The van der Waals surface area contributed by atoms with Crippen LogP contribution in [0.3, 0.4) is 0 Å². The standard InChI is InChI=1S/C19H16N2O5/c1-24-19(23)8-12(11-2-3-14-15(6-11)21-5-4-20-14)13-7-17-18(9-16(13)22)26-10-25-17/h2-7,9,12,22H,8,10H2,1H3/t12-/m0/s1. The van der Waals surface area contributed by atoms with Gasteiger partial charge < -0.3 is 19.3 Å². The van der Waals surface area contributed by atoms with Crippen molar-refractivity contribution in [3.05, 3.63) is 53.9 Å². The van der Waals surface area contributed by atoms with Gasteiger partial charge in [-0.2, -0.15) is 0 Å². The minimum absolute atomic E-state index is 0.0300. The average molecular weight is 352 g/mol. The fraction of sp³-hybridized carbons (Fsp3) is 0.211. The summed E-state index contributed by atoms with van der Waals surface area (Å²) in [6, 6.07) is 8.77. The molecule has 7 heteroatoms. The summed E-state index contributed by atoms with van der Waals surface area (Å²) in [5.74, 6) is 0.234. The van der Waals surface area contributed by atoms with E-state index in [1.54, 1.807) is 18.5 Å². The Kier molecular flexibility index (Phi) is 4.04. The molecule has 0 radical (unpaired) electrons. The highest BCUT2D eigenvalue weighted by atomic mass is 16.7. The third-order valence-electron chi connectivity index (χ3n) is 4.39. The first kappa shape index (κ1) is 16.1. The van der Waals surface area contributed by atoms with Crippen LogP contribution in [0.5, 0.6) is 17.2 Å². The van der Waals surface area contributed by atoms with Crippen molar-refractivity contribution in [1.29, 1.82) is 0 Å². The summed E-state index contributed by atoms with van der Waals surface area (Å²) in [4.78, 5) is 20.6. The van der Waals surface area contributed by atoms with E-state index in [0.717, 1.165) is 11.1 Å². The third-order valence-corrected chi connectivity index (χ3v) is 4.39. The van der Waals surface area contributed by atoms with Crippen molar-refractivity contribution in [3.8, 4) is 17.2 Å². The number of phenolic OH excluding ortho intramolecular Hbond substituents is 1. The summed E-state index contributed by atoms with van der Waals surface area (Å²) in [5.41, 5.74) is 2.84. The number of hydrogen-bond donors (Lipinski definition) is 1. The van der Waals surface area contributed by atoms with Gasteiger partial charge in [0, 0.05) is 29.9 Å². The van der Waals surface area contributed by atoms with E-state index in [9.17, 15) is 9.90 Å². The number of carbonyl (C=O) groups excluding carboxylic acids is 1. The Morgan fingerprint density at radius 1 is 1.15 bits per heavy atom. The maximum Gasteiger partial charge on any atom is 0.306 e. The van der Waals surface area contributed by atoms with E-state index in [4.69, 9.17) is 14.2 Å². The number of aromatic hydroxyl groups is 1. The van der Waals surface area contributed by atoms with E-state index >= 15 is 0 Å². The monoisotopic (exact) mass is 352 g/mol. The zero-order valence-electron chi connectivity index (χ0n) is 14.0. The molecule has 0 unspecified atom stereocenters. The second-order valence-corrected chi connectivity index (χ2v) is 5.90. The van der Waals surface area contributed by atoms with Crippen LogP contribution in [0.25, 0.3) is 11.0 Å². The lowest BCUT2D eigenvalue weighted by atomic mass is 9.87. The summed E-state index contributed by atoms with van der Waals surface area (Å²) in [7, 11) is 1.34. The van der Waals surface area contributed by atoms with Gasteiger partial charge >= 0.3 is 5.97 Å². The summed E-state index contributed by atoms with van der Waals surface area (Å²) in [6.07, 6.45) is 3.30. The number of ether oxygens (including phenoxy) is 3. The van der Waals surface area contributed by atoms with Gasteiger partial charge in [-0.15, -0.1) is 0 Å². The van der Waals surface area contributed by atoms with Crippen LogP contribution in [-0.4, -0.2) is 34.9 Å². The molecule has 7 nitrogen and oxygen atoms in total. The topological polar surface area (TPSA) is 90.8 Å². The zero-order chi connectivity index (χ0) is 18.1. The number of hydrogen-bond acceptors (Lipinski definition) is 7. The van der Waals surface area contributed by atoms with Gasteiger partial charge in [0.1, 0.15) is 5.75 Å². The number of benzene rings is 2. The average Bonchev–Trinajstić information content (AvgIpc) is 3.12. The Bertz CT molecular complexity index is 989. The first-order valence-electron chi connectivity index (χ1n) is 8.05. The number of nitrogens with zero attached hydrogens (tertiary/aromatic N) is 2. The molecule has 1 aromatic heterocycles. The number of fused-ring (bicyclic) bond motifs is 2.